The summed E-state index contributed by atoms with van der Waals surface area (Å²) in [4.78, 5) is 4.64. The standard InChI is InChI=1S/C38H32N4O2.Pt/c1-24(2)27-17-25(3)38(26(4)18-27)28-22-40-41(23-28)29-9-8-10-31(19-29)44-32-13-14-34-33-11-6-7-12-35(33)42(36(34)20-32)37-21-30(43-5)15-16-39-37;/h6-18,21-24H,1-5H3;/q-2;+2. The van der Waals surface area contributed by atoms with E-state index in [0.29, 0.717) is 17.4 Å². The van der Waals surface area contributed by atoms with Gasteiger partial charge in [0.15, 0.2) is 0 Å². The smallest absolute Gasteiger partial charge is 0.509 e. The van der Waals surface area contributed by atoms with Crippen molar-refractivity contribution in [1.82, 2.24) is 19.3 Å². The van der Waals surface area contributed by atoms with Gasteiger partial charge in [0.1, 0.15) is 11.6 Å². The number of methoxy groups -OCH3 is 1. The van der Waals surface area contributed by atoms with E-state index in [0.717, 1.165) is 44.6 Å². The van der Waals surface area contributed by atoms with Gasteiger partial charge in [-0.3, -0.25) is 4.68 Å². The zero-order chi connectivity index (χ0) is 30.4. The van der Waals surface area contributed by atoms with Gasteiger partial charge in [0.2, 0.25) is 0 Å². The summed E-state index contributed by atoms with van der Waals surface area (Å²) in [6.07, 6.45) is 5.72. The van der Waals surface area contributed by atoms with E-state index in [4.69, 9.17) is 9.47 Å². The van der Waals surface area contributed by atoms with Crippen LogP contribution in [0, 0.1) is 26.0 Å². The van der Waals surface area contributed by atoms with Crippen molar-refractivity contribution in [2.45, 2.75) is 33.6 Å². The number of benzene rings is 4. The fourth-order valence-electron chi connectivity index (χ4n) is 5.94. The second kappa shape index (κ2) is 12.4. The first-order valence-corrected chi connectivity index (χ1v) is 14.7. The molecule has 226 valence electrons. The molecule has 6 nitrogen and oxygen atoms in total. The number of fused-ring (bicyclic) bond motifs is 3. The summed E-state index contributed by atoms with van der Waals surface area (Å²) in [6.45, 7) is 8.79. The van der Waals surface area contributed by atoms with E-state index in [9.17, 15) is 0 Å². The second-order valence-electron chi connectivity index (χ2n) is 11.4. The number of rotatable bonds is 7. The molecule has 0 radical (unpaired) electrons. The average molecular weight is 772 g/mol. The van der Waals surface area contributed by atoms with Gasteiger partial charge in [-0.15, -0.1) is 35.7 Å². The summed E-state index contributed by atoms with van der Waals surface area (Å²) < 4.78 is 15.7. The van der Waals surface area contributed by atoms with E-state index in [-0.39, 0.29) is 21.1 Å². The molecule has 0 spiro atoms. The van der Waals surface area contributed by atoms with Crippen molar-refractivity contribution < 1.29 is 30.5 Å². The molecule has 0 amide bonds. The molecule has 3 aromatic heterocycles. The Morgan fingerprint density at radius 2 is 1.60 bits per heavy atom. The maximum absolute atomic E-state index is 6.33. The van der Waals surface area contributed by atoms with Crippen LogP contribution in [0.2, 0.25) is 0 Å². The van der Waals surface area contributed by atoms with Crippen molar-refractivity contribution in [1.29, 1.82) is 0 Å². The maximum Gasteiger partial charge on any atom is 2.00 e. The Morgan fingerprint density at radius 3 is 2.38 bits per heavy atom. The summed E-state index contributed by atoms with van der Waals surface area (Å²) in [5, 5.41) is 6.85. The van der Waals surface area contributed by atoms with Crippen molar-refractivity contribution in [3.8, 4) is 39.9 Å². The number of hydrogen-bond acceptors (Lipinski definition) is 4. The van der Waals surface area contributed by atoms with Gasteiger partial charge >= 0.3 is 21.1 Å². The molecule has 3 heterocycles. The number of para-hydroxylation sites is 1. The topological polar surface area (TPSA) is 54.1 Å². The number of hydrogen-bond donors (Lipinski definition) is 0. The van der Waals surface area contributed by atoms with Crippen LogP contribution in [0.3, 0.4) is 0 Å². The Morgan fingerprint density at radius 1 is 0.822 bits per heavy atom. The van der Waals surface area contributed by atoms with Gasteiger partial charge in [-0.1, -0.05) is 49.7 Å². The van der Waals surface area contributed by atoms with E-state index < -0.39 is 0 Å². The molecule has 0 saturated carbocycles. The summed E-state index contributed by atoms with van der Waals surface area (Å²) in [5.74, 6) is 3.12. The predicted molar refractivity (Wildman–Crippen MR) is 175 cm³/mol. The molecule has 0 aliphatic heterocycles. The Bertz CT molecular complexity index is 2140. The van der Waals surface area contributed by atoms with E-state index in [1.807, 2.05) is 59.4 Å². The van der Waals surface area contributed by atoms with Gasteiger partial charge in [-0.25, -0.2) is 4.98 Å². The zero-order valence-corrected chi connectivity index (χ0v) is 28.0. The molecular weight excluding hydrogens is 740 g/mol. The molecule has 0 saturated heterocycles. The summed E-state index contributed by atoms with van der Waals surface area (Å²) in [6, 6.07) is 33.3. The second-order valence-corrected chi connectivity index (χ2v) is 11.4. The van der Waals surface area contributed by atoms with Crippen LogP contribution in [0.1, 0.15) is 36.5 Å². The van der Waals surface area contributed by atoms with Gasteiger partial charge in [0.25, 0.3) is 0 Å². The molecule has 7 heteroatoms. The average Bonchev–Trinajstić information content (AvgIpc) is 3.64. The number of aryl methyl sites for hydroxylation is 2. The van der Waals surface area contributed by atoms with Crippen LogP contribution < -0.4 is 9.47 Å². The molecule has 0 fully saturated rings. The number of ether oxygens (including phenoxy) is 2. The molecule has 0 aliphatic carbocycles. The van der Waals surface area contributed by atoms with Crippen molar-refractivity contribution in [2.24, 2.45) is 0 Å². The minimum absolute atomic E-state index is 0. The molecule has 7 aromatic rings. The van der Waals surface area contributed by atoms with Crippen molar-refractivity contribution in [2.75, 3.05) is 7.11 Å². The zero-order valence-electron chi connectivity index (χ0n) is 25.7. The van der Waals surface area contributed by atoms with Crippen LogP contribution in [0.25, 0.3) is 44.4 Å². The van der Waals surface area contributed by atoms with E-state index in [1.54, 1.807) is 13.3 Å². The fraction of sp³-hybridized carbons (Fsp3) is 0.158. The Kier molecular flexibility index (Phi) is 8.35. The minimum Gasteiger partial charge on any atom is -0.509 e. The van der Waals surface area contributed by atoms with Gasteiger partial charge in [-0.05, 0) is 65.2 Å². The molecule has 0 N–H and O–H groups in total. The Balaban J connectivity index is 0.00000357. The first-order valence-electron chi connectivity index (χ1n) is 14.7. The van der Waals surface area contributed by atoms with Crippen molar-refractivity contribution >= 4 is 21.8 Å². The maximum atomic E-state index is 6.33. The molecule has 7 rings (SSSR count). The van der Waals surface area contributed by atoms with Crippen LogP contribution in [0.15, 0.2) is 97.5 Å². The van der Waals surface area contributed by atoms with Crippen LogP contribution >= 0.6 is 0 Å². The summed E-state index contributed by atoms with van der Waals surface area (Å²) in [5.41, 5.74) is 8.84. The van der Waals surface area contributed by atoms with E-state index >= 15 is 0 Å². The minimum atomic E-state index is 0. The number of nitrogens with zero attached hydrogens (tertiary/aromatic N) is 4. The van der Waals surface area contributed by atoms with E-state index in [2.05, 4.69) is 91.0 Å². The monoisotopic (exact) mass is 771 g/mol. The normalized spacial score (nSPS) is 11.2. The SMILES string of the molecule is COc1ccnc(-n2c3[c-]c(Oc4[c-]c(-n5cc(-c6c(C)cc(C(C)C)cc6C)cn5)ccc4)ccc3c3ccccc32)c1.[Pt+2]. The van der Waals surface area contributed by atoms with Crippen molar-refractivity contribution in [3.63, 3.8) is 0 Å². The first kappa shape index (κ1) is 30.4. The molecule has 4 aromatic carbocycles. The third kappa shape index (κ3) is 5.67. The molecule has 0 aliphatic rings. The van der Waals surface area contributed by atoms with Crippen LogP contribution in [0.5, 0.6) is 17.2 Å². The quantitative estimate of drug-likeness (QED) is 0.152. The third-order valence-electron chi connectivity index (χ3n) is 8.05. The van der Waals surface area contributed by atoms with Crippen molar-refractivity contribution in [3.05, 3.63) is 126 Å². The Hall–Kier alpha value is -4.67. The number of aromatic nitrogens is 4. The van der Waals surface area contributed by atoms with Gasteiger partial charge in [0.05, 0.1) is 13.3 Å². The van der Waals surface area contributed by atoms with Crippen LogP contribution in [-0.2, 0) is 21.1 Å². The molecule has 0 unspecified atom stereocenters. The summed E-state index contributed by atoms with van der Waals surface area (Å²) in [7, 11) is 1.66. The van der Waals surface area contributed by atoms with Crippen LogP contribution in [-0.4, -0.2) is 26.4 Å². The fourth-order valence-corrected chi connectivity index (χ4v) is 5.94. The predicted octanol–water partition coefficient (Wildman–Crippen LogP) is 9.17. The largest absolute Gasteiger partial charge is 2.00 e. The first-order chi connectivity index (χ1) is 21.4. The summed E-state index contributed by atoms with van der Waals surface area (Å²) >= 11 is 0. The molecule has 0 atom stereocenters. The van der Waals surface area contributed by atoms with Gasteiger partial charge in [0, 0.05) is 41.0 Å². The number of pyridine rings is 1. The molecule has 45 heavy (non-hydrogen) atoms. The van der Waals surface area contributed by atoms with Crippen LogP contribution in [0.4, 0.5) is 0 Å². The van der Waals surface area contributed by atoms with E-state index in [1.165, 1.54) is 22.3 Å². The Labute approximate surface area is 277 Å². The molecule has 0 bridgehead atoms. The molecular formula is C38H32N4O2Pt. The van der Waals surface area contributed by atoms with Gasteiger partial charge < -0.3 is 14.0 Å². The van der Waals surface area contributed by atoms with Gasteiger partial charge in [-0.2, -0.15) is 17.2 Å². The third-order valence-corrected chi connectivity index (χ3v) is 8.05.